The van der Waals surface area contributed by atoms with Crippen LogP contribution in [0.3, 0.4) is 0 Å². The molecule has 0 aromatic carbocycles. The van der Waals surface area contributed by atoms with E-state index in [1.165, 1.54) is 116 Å². The molecular formula is C28H48S. The lowest BCUT2D eigenvalue weighted by Crippen LogP contribution is -2.13. The summed E-state index contributed by atoms with van der Waals surface area (Å²) in [5.74, 6) is 3.84. The van der Waals surface area contributed by atoms with Crippen LogP contribution in [0.2, 0.25) is 0 Å². The van der Waals surface area contributed by atoms with E-state index < -0.39 is 0 Å². The Kier molecular flexibility index (Phi) is 10.6. The van der Waals surface area contributed by atoms with E-state index in [0.717, 1.165) is 23.7 Å². The standard InChI is InChI=1S/C28H48S/c1-3-5-6-7-8-9-10-12-24-15-19-26(20-16-24)28-22-21-27(29-28)25-17-13-23(11-4-2)14-18-25/h21-26H,3-20H2,1-2H3. The van der Waals surface area contributed by atoms with Gasteiger partial charge in [0.15, 0.2) is 0 Å². The molecule has 29 heavy (non-hydrogen) atoms. The van der Waals surface area contributed by atoms with Gasteiger partial charge in [-0.1, -0.05) is 78.1 Å². The SMILES string of the molecule is CCCCCCCCCC1CCC(c2ccc(C3CCC(CCC)CC3)s2)CC1. The number of thiophene rings is 1. The zero-order valence-electron chi connectivity index (χ0n) is 19.6. The quantitative estimate of drug-likeness (QED) is 0.297. The van der Waals surface area contributed by atoms with E-state index in [2.05, 4.69) is 37.3 Å². The van der Waals surface area contributed by atoms with Crippen LogP contribution in [-0.4, -0.2) is 0 Å². The molecule has 2 fully saturated rings. The third-order valence-corrected chi connectivity index (χ3v) is 9.47. The van der Waals surface area contributed by atoms with E-state index in [1.54, 1.807) is 9.75 Å². The van der Waals surface area contributed by atoms with E-state index in [1.807, 2.05) is 0 Å². The molecule has 3 rings (SSSR count). The monoisotopic (exact) mass is 416 g/mol. The molecule has 0 aliphatic heterocycles. The molecule has 0 nitrogen and oxygen atoms in total. The van der Waals surface area contributed by atoms with E-state index in [-0.39, 0.29) is 0 Å². The minimum atomic E-state index is 0.885. The second kappa shape index (κ2) is 13.2. The fourth-order valence-corrected chi connectivity index (χ4v) is 7.43. The van der Waals surface area contributed by atoms with Gasteiger partial charge in [0, 0.05) is 9.75 Å². The maximum atomic E-state index is 2.51. The Morgan fingerprint density at radius 1 is 0.586 bits per heavy atom. The van der Waals surface area contributed by atoms with Gasteiger partial charge < -0.3 is 0 Å². The van der Waals surface area contributed by atoms with Crippen LogP contribution in [0.15, 0.2) is 12.1 Å². The fraction of sp³-hybridized carbons (Fsp3) is 0.857. The Balaban J connectivity index is 1.32. The number of hydrogen-bond acceptors (Lipinski definition) is 1. The lowest BCUT2D eigenvalue weighted by molar-refractivity contribution is 0.303. The third kappa shape index (κ3) is 7.71. The molecule has 2 saturated carbocycles. The van der Waals surface area contributed by atoms with Gasteiger partial charge >= 0.3 is 0 Å². The molecular weight excluding hydrogens is 368 g/mol. The van der Waals surface area contributed by atoms with Crippen LogP contribution < -0.4 is 0 Å². The van der Waals surface area contributed by atoms with Gasteiger partial charge in [-0.2, -0.15) is 0 Å². The zero-order valence-corrected chi connectivity index (χ0v) is 20.4. The number of rotatable bonds is 12. The summed E-state index contributed by atoms with van der Waals surface area (Å²) in [6.45, 7) is 4.66. The van der Waals surface area contributed by atoms with Crippen molar-refractivity contribution in [3.63, 3.8) is 0 Å². The minimum absolute atomic E-state index is 0.885. The topological polar surface area (TPSA) is 0 Å². The molecule has 166 valence electrons. The van der Waals surface area contributed by atoms with Gasteiger partial charge in [0.25, 0.3) is 0 Å². The molecule has 0 radical (unpaired) electrons. The van der Waals surface area contributed by atoms with Crippen molar-refractivity contribution in [2.24, 2.45) is 11.8 Å². The lowest BCUT2D eigenvalue weighted by Gasteiger charge is -2.29. The average molecular weight is 417 g/mol. The summed E-state index contributed by atoms with van der Waals surface area (Å²) in [7, 11) is 0. The van der Waals surface area contributed by atoms with Crippen LogP contribution in [-0.2, 0) is 0 Å². The normalized spacial score (nSPS) is 27.9. The van der Waals surface area contributed by atoms with Crippen LogP contribution in [0.25, 0.3) is 0 Å². The molecule has 0 amide bonds. The highest BCUT2D eigenvalue weighted by molar-refractivity contribution is 7.12. The predicted molar refractivity (Wildman–Crippen MR) is 131 cm³/mol. The maximum Gasteiger partial charge on any atom is 0.00792 e. The molecule has 2 aliphatic carbocycles. The molecule has 0 bridgehead atoms. The Hall–Kier alpha value is -0.300. The highest BCUT2D eigenvalue weighted by Crippen LogP contribution is 2.44. The van der Waals surface area contributed by atoms with Crippen LogP contribution >= 0.6 is 11.3 Å². The summed E-state index contributed by atoms with van der Waals surface area (Å²) in [6, 6.07) is 5.02. The van der Waals surface area contributed by atoms with Crippen molar-refractivity contribution < 1.29 is 0 Å². The second-order valence-electron chi connectivity index (χ2n) is 10.4. The van der Waals surface area contributed by atoms with Gasteiger partial charge in [0.05, 0.1) is 0 Å². The van der Waals surface area contributed by atoms with Crippen molar-refractivity contribution in [2.45, 2.75) is 141 Å². The molecule has 1 heteroatoms. The Bertz CT molecular complexity index is 528. The molecule has 0 N–H and O–H groups in total. The zero-order chi connectivity index (χ0) is 20.3. The summed E-state index contributed by atoms with van der Waals surface area (Å²) in [6.07, 6.45) is 26.3. The van der Waals surface area contributed by atoms with Crippen molar-refractivity contribution in [3.05, 3.63) is 21.9 Å². The Labute approximate surface area is 186 Å². The van der Waals surface area contributed by atoms with E-state index in [4.69, 9.17) is 0 Å². The van der Waals surface area contributed by atoms with Crippen molar-refractivity contribution in [3.8, 4) is 0 Å². The van der Waals surface area contributed by atoms with Crippen molar-refractivity contribution in [1.82, 2.24) is 0 Å². The van der Waals surface area contributed by atoms with E-state index >= 15 is 0 Å². The van der Waals surface area contributed by atoms with E-state index in [9.17, 15) is 0 Å². The first-order valence-corrected chi connectivity index (χ1v) is 14.2. The smallest absolute Gasteiger partial charge is 0.00792 e. The molecule has 1 heterocycles. The number of hydrogen-bond donors (Lipinski definition) is 0. The molecule has 0 spiro atoms. The van der Waals surface area contributed by atoms with E-state index in [0.29, 0.717) is 0 Å². The minimum Gasteiger partial charge on any atom is -0.145 e. The van der Waals surface area contributed by atoms with Crippen LogP contribution in [0.1, 0.15) is 151 Å². The van der Waals surface area contributed by atoms with Crippen LogP contribution in [0, 0.1) is 11.8 Å². The highest BCUT2D eigenvalue weighted by Gasteiger charge is 2.26. The molecule has 0 saturated heterocycles. The van der Waals surface area contributed by atoms with Crippen molar-refractivity contribution in [1.29, 1.82) is 0 Å². The molecule has 1 aromatic rings. The Morgan fingerprint density at radius 3 is 1.59 bits per heavy atom. The largest absolute Gasteiger partial charge is 0.145 e. The first kappa shape index (κ1) is 23.4. The molecule has 0 atom stereocenters. The summed E-state index contributed by atoms with van der Waals surface area (Å²) >= 11 is 2.19. The van der Waals surface area contributed by atoms with Crippen LogP contribution in [0.4, 0.5) is 0 Å². The second-order valence-corrected chi connectivity index (χ2v) is 11.5. The summed E-state index contributed by atoms with van der Waals surface area (Å²) in [5, 5.41) is 0. The average Bonchev–Trinajstić information content (AvgIpc) is 3.25. The maximum absolute atomic E-state index is 2.51. The fourth-order valence-electron chi connectivity index (χ4n) is 6.08. The van der Waals surface area contributed by atoms with Gasteiger partial charge in [-0.05, 0) is 87.2 Å². The lowest BCUT2D eigenvalue weighted by atomic mass is 9.79. The molecule has 1 aromatic heterocycles. The molecule has 2 aliphatic rings. The first-order valence-electron chi connectivity index (χ1n) is 13.4. The van der Waals surface area contributed by atoms with Crippen LogP contribution in [0.5, 0.6) is 0 Å². The van der Waals surface area contributed by atoms with Gasteiger partial charge in [0.1, 0.15) is 0 Å². The third-order valence-electron chi connectivity index (χ3n) is 8.06. The number of unbranched alkanes of at least 4 members (excludes halogenated alkanes) is 6. The van der Waals surface area contributed by atoms with Gasteiger partial charge in [-0.15, -0.1) is 11.3 Å². The van der Waals surface area contributed by atoms with Gasteiger partial charge in [-0.3, -0.25) is 0 Å². The summed E-state index contributed by atoms with van der Waals surface area (Å²) in [4.78, 5) is 3.45. The molecule has 0 unspecified atom stereocenters. The highest BCUT2D eigenvalue weighted by atomic mass is 32.1. The summed E-state index contributed by atoms with van der Waals surface area (Å²) in [5.41, 5.74) is 0. The van der Waals surface area contributed by atoms with Crippen molar-refractivity contribution in [2.75, 3.05) is 0 Å². The summed E-state index contributed by atoms with van der Waals surface area (Å²) < 4.78 is 0. The predicted octanol–water partition coefficient (Wildman–Crippen LogP) is 10.2. The Morgan fingerprint density at radius 2 is 1.07 bits per heavy atom. The van der Waals surface area contributed by atoms with Gasteiger partial charge in [-0.25, -0.2) is 0 Å². The first-order chi connectivity index (χ1) is 14.3. The van der Waals surface area contributed by atoms with Crippen molar-refractivity contribution >= 4 is 11.3 Å². The van der Waals surface area contributed by atoms with Gasteiger partial charge in [0.2, 0.25) is 0 Å².